The SMILES string of the molecule is COC(CN(C1CC(=O)N(c2ccc(-c3nc4ccc(C)cc4s3)cc2)C1=O)S(=O)(=O)c1ccccc1)OC. The number of nitrogens with zero attached hydrogens (tertiary/aromatic N) is 3. The molecule has 0 aliphatic carbocycles. The van der Waals surface area contributed by atoms with Crippen LogP contribution >= 0.6 is 11.3 Å². The van der Waals surface area contributed by atoms with Crippen molar-refractivity contribution in [1.82, 2.24) is 9.29 Å². The molecule has 5 rings (SSSR count). The Balaban J connectivity index is 1.44. The number of fused-ring (bicyclic) bond motifs is 1. The van der Waals surface area contributed by atoms with Crippen molar-refractivity contribution in [3.8, 4) is 10.6 Å². The molecule has 39 heavy (non-hydrogen) atoms. The minimum atomic E-state index is -4.15. The van der Waals surface area contributed by atoms with Crippen molar-refractivity contribution in [2.75, 3.05) is 25.7 Å². The predicted octanol–water partition coefficient (Wildman–Crippen LogP) is 4.21. The van der Waals surface area contributed by atoms with Crippen LogP contribution in [0.15, 0.2) is 77.7 Å². The summed E-state index contributed by atoms with van der Waals surface area (Å²) in [5.74, 6) is -1.12. The third kappa shape index (κ3) is 5.23. The van der Waals surface area contributed by atoms with E-state index < -0.39 is 34.2 Å². The fourth-order valence-electron chi connectivity index (χ4n) is 4.53. The van der Waals surface area contributed by atoms with Gasteiger partial charge in [0, 0.05) is 19.8 Å². The van der Waals surface area contributed by atoms with Crippen LogP contribution in [0.3, 0.4) is 0 Å². The Bertz CT molecular complexity index is 1620. The van der Waals surface area contributed by atoms with Crippen molar-refractivity contribution in [1.29, 1.82) is 0 Å². The number of methoxy groups -OCH3 is 2. The number of benzene rings is 3. The van der Waals surface area contributed by atoms with Gasteiger partial charge >= 0.3 is 0 Å². The van der Waals surface area contributed by atoms with Gasteiger partial charge in [-0.05, 0) is 61.0 Å². The van der Waals surface area contributed by atoms with Crippen LogP contribution < -0.4 is 4.90 Å². The number of hydrogen-bond donors (Lipinski definition) is 0. The Kier molecular flexibility index (Phi) is 7.61. The zero-order valence-corrected chi connectivity index (χ0v) is 23.2. The molecule has 0 bridgehead atoms. The number of thiazole rings is 1. The van der Waals surface area contributed by atoms with Gasteiger partial charge in [0.25, 0.3) is 5.91 Å². The molecule has 9 nitrogen and oxygen atoms in total. The van der Waals surface area contributed by atoms with Crippen LogP contribution in [-0.4, -0.2) is 62.6 Å². The topological polar surface area (TPSA) is 106 Å². The maximum Gasteiger partial charge on any atom is 0.252 e. The van der Waals surface area contributed by atoms with Crippen LogP contribution in [0.1, 0.15) is 12.0 Å². The van der Waals surface area contributed by atoms with Crippen molar-refractivity contribution in [2.24, 2.45) is 0 Å². The van der Waals surface area contributed by atoms with Crippen molar-refractivity contribution < 1.29 is 27.5 Å². The number of carbonyl (C=O) groups excluding carboxylic acids is 2. The van der Waals surface area contributed by atoms with E-state index in [-0.39, 0.29) is 17.9 Å². The van der Waals surface area contributed by atoms with E-state index in [1.807, 2.05) is 19.1 Å². The number of ether oxygens (including phenoxy) is 2. The summed E-state index contributed by atoms with van der Waals surface area (Å²) in [4.78, 5) is 32.4. The number of carbonyl (C=O) groups is 2. The number of rotatable bonds is 9. The minimum absolute atomic E-state index is 0.00466. The molecule has 0 radical (unpaired) electrons. The first kappa shape index (κ1) is 27.1. The molecule has 2 amide bonds. The smallest absolute Gasteiger partial charge is 0.252 e. The summed E-state index contributed by atoms with van der Waals surface area (Å²) in [7, 11) is -1.40. The van der Waals surface area contributed by atoms with Gasteiger partial charge in [0.05, 0.1) is 33.8 Å². The number of amides is 2. The van der Waals surface area contributed by atoms with Crippen LogP contribution in [0, 0.1) is 6.92 Å². The summed E-state index contributed by atoms with van der Waals surface area (Å²) in [5, 5.41) is 0.824. The van der Waals surface area contributed by atoms with E-state index in [0.29, 0.717) is 5.69 Å². The molecule has 1 aliphatic rings. The van der Waals surface area contributed by atoms with Gasteiger partial charge in [-0.25, -0.2) is 18.3 Å². The van der Waals surface area contributed by atoms with Crippen molar-refractivity contribution in [3.63, 3.8) is 0 Å². The summed E-state index contributed by atoms with van der Waals surface area (Å²) in [6, 6.07) is 19.6. The number of aryl methyl sites for hydroxylation is 1. The second-order valence-corrected chi connectivity index (χ2v) is 12.0. The summed E-state index contributed by atoms with van der Waals surface area (Å²) in [6.07, 6.45) is -1.23. The number of anilines is 1. The predicted molar refractivity (Wildman–Crippen MR) is 149 cm³/mol. The Labute approximate surface area is 230 Å². The number of sulfonamides is 1. The second-order valence-electron chi connectivity index (χ2n) is 9.11. The fourth-order valence-corrected chi connectivity index (χ4v) is 7.19. The lowest BCUT2D eigenvalue weighted by Crippen LogP contribution is -2.49. The van der Waals surface area contributed by atoms with Gasteiger partial charge < -0.3 is 9.47 Å². The normalized spacial score (nSPS) is 16.2. The molecule has 0 saturated carbocycles. The summed E-state index contributed by atoms with van der Waals surface area (Å²) >= 11 is 1.56. The van der Waals surface area contributed by atoms with Gasteiger partial charge in [0.1, 0.15) is 11.0 Å². The first-order valence-electron chi connectivity index (χ1n) is 12.2. The number of aromatic nitrogens is 1. The molecule has 11 heteroatoms. The molecular weight excluding hydrogens is 538 g/mol. The average Bonchev–Trinajstić information content (AvgIpc) is 3.49. The molecule has 0 spiro atoms. The molecule has 1 atom stereocenters. The Hall–Kier alpha value is -3.48. The molecule has 1 unspecified atom stereocenters. The van der Waals surface area contributed by atoms with E-state index in [1.54, 1.807) is 53.8 Å². The lowest BCUT2D eigenvalue weighted by Gasteiger charge is -2.29. The molecule has 1 aliphatic heterocycles. The largest absolute Gasteiger partial charge is 0.354 e. The zero-order valence-electron chi connectivity index (χ0n) is 21.6. The first-order chi connectivity index (χ1) is 18.7. The summed E-state index contributed by atoms with van der Waals surface area (Å²) < 4.78 is 39.8. The van der Waals surface area contributed by atoms with Crippen LogP contribution in [0.5, 0.6) is 0 Å². The maximum absolute atomic E-state index is 13.6. The molecule has 4 aromatic rings. The highest BCUT2D eigenvalue weighted by atomic mass is 32.2. The van der Waals surface area contributed by atoms with Crippen LogP contribution in [0.4, 0.5) is 5.69 Å². The highest BCUT2D eigenvalue weighted by Crippen LogP contribution is 2.34. The minimum Gasteiger partial charge on any atom is -0.354 e. The standard InChI is InChI=1S/C28H27N3O6S2/c1-18-9-14-22-24(15-18)38-27(29-22)19-10-12-20(13-11-19)31-25(32)16-23(28(31)33)30(17-26(36-2)37-3)39(34,35)21-7-5-4-6-8-21/h4-15,23,26H,16-17H2,1-3H3. The van der Waals surface area contributed by atoms with Crippen molar-refractivity contribution in [2.45, 2.75) is 30.6 Å². The van der Waals surface area contributed by atoms with E-state index in [0.717, 1.165) is 35.6 Å². The van der Waals surface area contributed by atoms with E-state index >= 15 is 0 Å². The van der Waals surface area contributed by atoms with Crippen LogP contribution in [0.25, 0.3) is 20.8 Å². The van der Waals surface area contributed by atoms with Gasteiger partial charge in [-0.1, -0.05) is 24.3 Å². The highest BCUT2D eigenvalue weighted by Gasteiger charge is 2.47. The summed E-state index contributed by atoms with van der Waals surface area (Å²) in [5.41, 5.74) is 3.27. The molecular formula is C28H27N3O6S2. The summed E-state index contributed by atoms with van der Waals surface area (Å²) in [6.45, 7) is 1.76. The van der Waals surface area contributed by atoms with Crippen molar-refractivity contribution in [3.05, 3.63) is 78.4 Å². The van der Waals surface area contributed by atoms with E-state index in [4.69, 9.17) is 9.47 Å². The average molecular weight is 566 g/mol. The Morgan fingerprint density at radius 3 is 2.38 bits per heavy atom. The number of imide groups is 1. The lowest BCUT2D eigenvalue weighted by atomic mass is 10.2. The fraction of sp³-hybridized carbons (Fsp3) is 0.250. The Morgan fingerprint density at radius 2 is 1.72 bits per heavy atom. The van der Waals surface area contributed by atoms with Gasteiger partial charge in [0.15, 0.2) is 6.29 Å². The first-order valence-corrected chi connectivity index (χ1v) is 14.5. The molecule has 1 aromatic heterocycles. The molecule has 1 saturated heterocycles. The number of hydrogen-bond acceptors (Lipinski definition) is 8. The van der Waals surface area contributed by atoms with Crippen molar-refractivity contribution >= 4 is 49.1 Å². The third-order valence-electron chi connectivity index (χ3n) is 6.59. The molecule has 1 fully saturated rings. The molecule has 0 N–H and O–H groups in total. The highest BCUT2D eigenvalue weighted by molar-refractivity contribution is 7.89. The second kappa shape index (κ2) is 10.9. The van der Waals surface area contributed by atoms with Gasteiger partial charge in [-0.15, -0.1) is 11.3 Å². The van der Waals surface area contributed by atoms with E-state index in [1.165, 1.54) is 26.4 Å². The van der Waals surface area contributed by atoms with Gasteiger partial charge in [-0.3, -0.25) is 9.59 Å². The van der Waals surface area contributed by atoms with Crippen LogP contribution in [-0.2, 0) is 29.1 Å². The van der Waals surface area contributed by atoms with Gasteiger partial charge in [0.2, 0.25) is 15.9 Å². The maximum atomic E-state index is 13.6. The zero-order chi connectivity index (χ0) is 27.7. The monoisotopic (exact) mass is 565 g/mol. The Morgan fingerprint density at radius 1 is 1.03 bits per heavy atom. The molecule has 2 heterocycles. The van der Waals surface area contributed by atoms with E-state index in [9.17, 15) is 18.0 Å². The van der Waals surface area contributed by atoms with Gasteiger partial charge in [-0.2, -0.15) is 4.31 Å². The molecule has 202 valence electrons. The quantitative estimate of drug-likeness (QED) is 0.221. The third-order valence-corrected chi connectivity index (χ3v) is 9.55. The van der Waals surface area contributed by atoms with E-state index in [2.05, 4.69) is 11.1 Å². The molecule has 3 aromatic carbocycles. The lowest BCUT2D eigenvalue weighted by molar-refractivity contribution is -0.125. The van der Waals surface area contributed by atoms with Crippen LogP contribution in [0.2, 0.25) is 0 Å².